The summed E-state index contributed by atoms with van der Waals surface area (Å²) >= 11 is 0. The zero-order valence-corrected chi connectivity index (χ0v) is 37.0. The fourth-order valence-corrected chi connectivity index (χ4v) is 10.1. The SMILES string of the molecule is CC(C)c1cccc(C(C)C)c1-n1cnc(-c2ccc3c(c2)N2c4cc(-c5cn(-c6c(C(C)C)cccc6C(C)C)cn5)ccc4C(C)(C)c4cccc(c42)C3(C)C)c1. The van der Waals surface area contributed by atoms with Gasteiger partial charge in [-0.25, -0.2) is 9.97 Å². The van der Waals surface area contributed by atoms with Crippen LogP contribution in [0.2, 0.25) is 0 Å². The maximum Gasteiger partial charge on any atom is 0.0999 e. The highest BCUT2D eigenvalue weighted by molar-refractivity contribution is 5.95. The van der Waals surface area contributed by atoms with Gasteiger partial charge in [-0.3, -0.25) is 0 Å². The van der Waals surface area contributed by atoms with E-state index in [1.54, 1.807) is 0 Å². The quantitative estimate of drug-likeness (QED) is 0.154. The Morgan fingerprint density at radius 1 is 0.424 bits per heavy atom. The van der Waals surface area contributed by atoms with Crippen molar-refractivity contribution in [3.05, 3.63) is 161 Å². The third-order valence-electron chi connectivity index (χ3n) is 13.4. The standard InChI is InChI=1S/C54H59N5/c1-32(2)38-16-13-17-39(33(3)4)50(38)57-28-46(55-30-57)36-22-24-42-48(26-36)59-49-27-37(23-25-43(49)54(11,12)45-21-15-20-44(52(45)59)53(42,9)10)47-29-58(31-56-47)51-40(34(5)6)18-14-19-41(51)35(7)8/h13-35H,1-12H3. The van der Waals surface area contributed by atoms with E-state index in [1.165, 1.54) is 72.9 Å². The molecule has 5 nitrogen and oxygen atoms in total. The van der Waals surface area contributed by atoms with Crippen molar-refractivity contribution in [1.82, 2.24) is 19.1 Å². The average Bonchev–Trinajstić information content (AvgIpc) is 3.91. The van der Waals surface area contributed by atoms with E-state index in [-0.39, 0.29) is 10.8 Å². The first-order valence-electron chi connectivity index (χ1n) is 21.7. The molecule has 2 aliphatic heterocycles. The van der Waals surface area contributed by atoms with Crippen LogP contribution in [0.15, 0.2) is 116 Å². The molecule has 300 valence electrons. The summed E-state index contributed by atoms with van der Waals surface area (Å²) in [4.78, 5) is 12.7. The number of para-hydroxylation sites is 3. The van der Waals surface area contributed by atoms with Crippen molar-refractivity contribution in [3.63, 3.8) is 0 Å². The van der Waals surface area contributed by atoms with Crippen LogP contribution in [0.5, 0.6) is 0 Å². The van der Waals surface area contributed by atoms with Crippen LogP contribution in [0.1, 0.15) is 151 Å². The number of hydrogen-bond donors (Lipinski definition) is 0. The highest BCUT2D eigenvalue weighted by atomic mass is 15.2. The van der Waals surface area contributed by atoms with Crippen molar-refractivity contribution in [2.45, 2.75) is 118 Å². The summed E-state index contributed by atoms with van der Waals surface area (Å²) in [5, 5.41) is 0. The van der Waals surface area contributed by atoms with Crippen LogP contribution in [0.3, 0.4) is 0 Å². The van der Waals surface area contributed by atoms with E-state index in [1.807, 2.05) is 12.7 Å². The summed E-state index contributed by atoms with van der Waals surface area (Å²) in [6.45, 7) is 27.8. The molecule has 2 aliphatic rings. The third kappa shape index (κ3) is 6.02. The lowest BCUT2D eigenvalue weighted by molar-refractivity contribution is 0.597. The Bertz CT molecular complexity index is 2510. The zero-order chi connectivity index (χ0) is 41.7. The number of nitrogens with zero attached hydrogens (tertiary/aromatic N) is 5. The van der Waals surface area contributed by atoms with Crippen molar-refractivity contribution in [3.8, 4) is 33.9 Å². The molecule has 5 aromatic carbocycles. The minimum absolute atomic E-state index is 0.209. The zero-order valence-electron chi connectivity index (χ0n) is 37.0. The van der Waals surface area contributed by atoms with Crippen molar-refractivity contribution < 1.29 is 0 Å². The fraction of sp³-hybridized carbons (Fsp3) is 0.333. The molecule has 2 aromatic heterocycles. The third-order valence-corrected chi connectivity index (χ3v) is 13.4. The average molecular weight is 778 g/mol. The Morgan fingerprint density at radius 2 is 0.780 bits per heavy atom. The molecule has 0 aliphatic carbocycles. The second kappa shape index (κ2) is 14.0. The number of imidazole rings is 2. The minimum atomic E-state index is -0.209. The van der Waals surface area contributed by atoms with Gasteiger partial charge in [-0.05, 0) is 80.3 Å². The van der Waals surface area contributed by atoms with Crippen LogP contribution in [0, 0.1) is 0 Å². The molecule has 0 saturated carbocycles. The van der Waals surface area contributed by atoms with Crippen molar-refractivity contribution in [2.75, 3.05) is 4.90 Å². The fourth-order valence-electron chi connectivity index (χ4n) is 10.1. The summed E-state index contributed by atoms with van der Waals surface area (Å²) < 4.78 is 4.51. The second-order valence-corrected chi connectivity index (χ2v) is 19.3. The van der Waals surface area contributed by atoms with E-state index in [9.17, 15) is 0 Å². The second-order valence-electron chi connectivity index (χ2n) is 19.3. The van der Waals surface area contributed by atoms with Gasteiger partial charge in [-0.1, -0.05) is 162 Å². The molecule has 0 saturated heterocycles. The minimum Gasteiger partial charge on any atom is -0.309 e. The molecular formula is C54H59N5. The molecule has 9 rings (SSSR count). The summed E-state index contributed by atoms with van der Waals surface area (Å²) in [7, 11) is 0. The molecule has 0 amide bonds. The first kappa shape index (κ1) is 38.8. The molecule has 0 radical (unpaired) electrons. The molecule has 0 fully saturated rings. The van der Waals surface area contributed by atoms with E-state index in [0.717, 1.165) is 22.5 Å². The predicted molar refractivity (Wildman–Crippen MR) is 247 cm³/mol. The smallest absolute Gasteiger partial charge is 0.0999 e. The molecule has 5 heteroatoms. The van der Waals surface area contributed by atoms with Crippen molar-refractivity contribution >= 4 is 17.1 Å². The molecule has 0 N–H and O–H groups in total. The number of aromatic nitrogens is 4. The number of rotatable bonds is 8. The van der Waals surface area contributed by atoms with Crippen LogP contribution < -0.4 is 4.90 Å². The lowest BCUT2D eigenvalue weighted by Gasteiger charge is -2.49. The van der Waals surface area contributed by atoms with E-state index < -0.39 is 0 Å². The van der Waals surface area contributed by atoms with Crippen LogP contribution in [0.25, 0.3) is 33.9 Å². The first-order chi connectivity index (χ1) is 28.1. The summed E-state index contributed by atoms with van der Waals surface area (Å²) in [5.74, 6) is 1.57. The van der Waals surface area contributed by atoms with Crippen molar-refractivity contribution in [2.24, 2.45) is 0 Å². The number of anilines is 3. The lowest BCUT2D eigenvalue weighted by atomic mass is 9.66. The van der Waals surface area contributed by atoms with E-state index in [2.05, 4.69) is 201 Å². The van der Waals surface area contributed by atoms with Gasteiger partial charge >= 0.3 is 0 Å². The normalized spacial score (nSPS) is 14.9. The van der Waals surface area contributed by atoms with Gasteiger partial charge in [0.2, 0.25) is 0 Å². The van der Waals surface area contributed by atoms with Gasteiger partial charge < -0.3 is 14.0 Å². The van der Waals surface area contributed by atoms with Gasteiger partial charge in [-0.2, -0.15) is 0 Å². The molecular weight excluding hydrogens is 719 g/mol. The topological polar surface area (TPSA) is 38.9 Å². The van der Waals surface area contributed by atoms with Crippen molar-refractivity contribution in [1.29, 1.82) is 0 Å². The molecule has 0 unspecified atom stereocenters. The number of fused-ring (bicyclic) bond motifs is 4. The Hall–Kier alpha value is -5.68. The molecule has 59 heavy (non-hydrogen) atoms. The van der Waals surface area contributed by atoms with Crippen LogP contribution in [0.4, 0.5) is 17.1 Å². The largest absolute Gasteiger partial charge is 0.309 e. The Labute approximate surface area is 351 Å². The molecule has 0 atom stereocenters. The van der Waals surface area contributed by atoms with Gasteiger partial charge in [0.15, 0.2) is 0 Å². The van der Waals surface area contributed by atoms with Crippen LogP contribution in [-0.4, -0.2) is 19.1 Å². The Morgan fingerprint density at radius 3 is 1.14 bits per heavy atom. The van der Waals surface area contributed by atoms with E-state index in [4.69, 9.17) is 9.97 Å². The van der Waals surface area contributed by atoms with E-state index >= 15 is 0 Å². The van der Waals surface area contributed by atoms with Gasteiger partial charge in [0.25, 0.3) is 0 Å². The number of benzene rings is 5. The Balaban J connectivity index is 1.21. The highest BCUT2D eigenvalue weighted by Crippen LogP contribution is 2.60. The van der Waals surface area contributed by atoms with Gasteiger partial charge in [0, 0.05) is 34.4 Å². The molecule has 0 bridgehead atoms. The lowest BCUT2D eigenvalue weighted by Crippen LogP contribution is -2.38. The maximum atomic E-state index is 5.09. The molecule has 4 heterocycles. The van der Waals surface area contributed by atoms with Gasteiger partial charge in [0.1, 0.15) is 0 Å². The maximum absolute atomic E-state index is 5.09. The number of hydrogen-bond acceptors (Lipinski definition) is 3. The van der Waals surface area contributed by atoms with Gasteiger partial charge in [-0.15, -0.1) is 0 Å². The molecule has 7 aromatic rings. The molecule has 0 spiro atoms. The summed E-state index contributed by atoms with van der Waals surface area (Å²) in [5.41, 5.74) is 20.7. The highest BCUT2D eigenvalue weighted by Gasteiger charge is 2.45. The predicted octanol–water partition coefficient (Wildman–Crippen LogP) is 14.6. The monoisotopic (exact) mass is 777 g/mol. The van der Waals surface area contributed by atoms with Crippen LogP contribution >= 0.6 is 0 Å². The summed E-state index contributed by atoms with van der Waals surface area (Å²) in [6, 6.07) is 34.4. The summed E-state index contributed by atoms with van der Waals surface area (Å²) in [6.07, 6.45) is 8.47. The first-order valence-corrected chi connectivity index (χ1v) is 21.7. The van der Waals surface area contributed by atoms with Gasteiger partial charge in [0.05, 0.1) is 52.5 Å². The van der Waals surface area contributed by atoms with E-state index in [0.29, 0.717) is 23.7 Å². The Kier molecular flexibility index (Phi) is 9.19. The van der Waals surface area contributed by atoms with Crippen LogP contribution in [-0.2, 0) is 10.8 Å².